The second kappa shape index (κ2) is 8.53. The summed E-state index contributed by atoms with van der Waals surface area (Å²) in [7, 11) is 1.86. The molecule has 0 unspecified atom stereocenters. The number of rotatable bonds is 7. The third-order valence-electron chi connectivity index (χ3n) is 5.79. The SMILES string of the molecule is Cn1cnc(Nc2ncc(-c3ccc(CC(=O)Nc4cc(C5(C(F)(F)F)CC5)on4)cc3)cn2)c1. The number of hydrogen-bond donors (Lipinski definition) is 2. The molecule has 2 N–H and O–H groups in total. The molecule has 1 aliphatic rings. The van der Waals surface area contributed by atoms with E-state index in [2.05, 4.69) is 30.7 Å². The fourth-order valence-electron chi connectivity index (χ4n) is 3.68. The summed E-state index contributed by atoms with van der Waals surface area (Å²) in [6, 6.07) is 8.38. The molecule has 0 atom stereocenters. The number of carbonyl (C=O) groups is 1. The fraction of sp³-hybridized carbons (Fsp3) is 0.261. The second-order valence-corrected chi connectivity index (χ2v) is 8.42. The molecule has 3 aromatic heterocycles. The number of amides is 1. The highest BCUT2D eigenvalue weighted by Crippen LogP contribution is 2.59. The summed E-state index contributed by atoms with van der Waals surface area (Å²) in [6.07, 6.45) is 2.36. The zero-order chi connectivity index (χ0) is 24.6. The maximum absolute atomic E-state index is 13.2. The number of carbonyl (C=O) groups excluding carboxylic acids is 1. The van der Waals surface area contributed by atoms with Crippen LogP contribution in [0.5, 0.6) is 0 Å². The van der Waals surface area contributed by atoms with Gasteiger partial charge in [0.15, 0.2) is 17.4 Å². The molecule has 0 saturated heterocycles. The average molecular weight is 483 g/mol. The Morgan fingerprint density at radius 2 is 1.80 bits per heavy atom. The number of benzene rings is 1. The third kappa shape index (κ3) is 4.72. The van der Waals surface area contributed by atoms with Crippen molar-refractivity contribution in [1.29, 1.82) is 0 Å². The lowest BCUT2D eigenvalue weighted by molar-refractivity contribution is -0.165. The number of aryl methyl sites for hydroxylation is 1. The average Bonchev–Trinajstić information content (AvgIpc) is 3.37. The van der Waals surface area contributed by atoms with Crippen molar-refractivity contribution in [1.82, 2.24) is 24.7 Å². The highest BCUT2D eigenvalue weighted by atomic mass is 19.4. The first-order chi connectivity index (χ1) is 16.7. The van der Waals surface area contributed by atoms with E-state index in [0.717, 1.165) is 22.8 Å². The van der Waals surface area contributed by atoms with E-state index in [0.29, 0.717) is 11.8 Å². The first kappa shape index (κ1) is 22.6. The van der Waals surface area contributed by atoms with Gasteiger partial charge in [-0.05, 0) is 24.0 Å². The first-order valence-electron chi connectivity index (χ1n) is 10.7. The summed E-state index contributed by atoms with van der Waals surface area (Å²) in [6.45, 7) is 0. The molecule has 1 amide bonds. The summed E-state index contributed by atoms with van der Waals surface area (Å²) < 4.78 is 46.3. The minimum Gasteiger partial charge on any atom is -0.358 e. The van der Waals surface area contributed by atoms with Crippen LogP contribution in [-0.4, -0.2) is 36.8 Å². The topological polar surface area (TPSA) is 111 Å². The summed E-state index contributed by atoms with van der Waals surface area (Å²) in [5, 5.41) is 9.07. The molecule has 1 saturated carbocycles. The Hall–Kier alpha value is -4.22. The van der Waals surface area contributed by atoms with Crippen LogP contribution in [-0.2, 0) is 23.7 Å². The second-order valence-electron chi connectivity index (χ2n) is 8.42. The van der Waals surface area contributed by atoms with E-state index in [-0.39, 0.29) is 30.8 Å². The molecule has 12 heteroatoms. The van der Waals surface area contributed by atoms with Crippen molar-refractivity contribution >= 4 is 23.5 Å². The molecular formula is C23H20F3N7O2. The number of nitrogens with one attached hydrogen (secondary N) is 2. The van der Waals surface area contributed by atoms with Crippen LogP contribution in [0.15, 0.2) is 59.8 Å². The number of hydrogen-bond acceptors (Lipinski definition) is 7. The Kier molecular flexibility index (Phi) is 5.50. The van der Waals surface area contributed by atoms with Crippen LogP contribution in [0, 0.1) is 0 Å². The van der Waals surface area contributed by atoms with Crippen molar-refractivity contribution in [2.75, 3.05) is 10.6 Å². The molecule has 0 bridgehead atoms. The van der Waals surface area contributed by atoms with E-state index in [1.54, 1.807) is 41.6 Å². The fourth-order valence-corrected chi connectivity index (χ4v) is 3.68. The summed E-state index contributed by atoms with van der Waals surface area (Å²) >= 11 is 0. The van der Waals surface area contributed by atoms with Gasteiger partial charge in [0, 0.05) is 37.3 Å². The molecule has 3 heterocycles. The van der Waals surface area contributed by atoms with Crippen molar-refractivity contribution in [3.63, 3.8) is 0 Å². The first-order valence-corrected chi connectivity index (χ1v) is 10.7. The lowest BCUT2D eigenvalue weighted by Crippen LogP contribution is -2.28. The molecule has 1 fully saturated rings. The van der Waals surface area contributed by atoms with Crippen LogP contribution < -0.4 is 10.6 Å². The molecule has 1 aromatic carbocycles. The third-order valence-corrected chi connectivity index (χ3v) is 5.79. The molecule has 0 spiro atoms. The zero-order valence-corrected chi connectivity index (χ0v) is 18.5. The lowest BCUT2D eigenvalue weighted by atomic mass is 10.0. The van der Waals surface area contributed by atoms with Gasteiger partial charge in [0.1, 0.15) is 5.41 Å². The van der Waals surface area contributed by atoms with Gasteiger partial charge in [0.25, 0.3) is 0 Å². The largest absolute Gasteiger partial charge is 0.401 e. The lowest BCUT2D eigenvalue weighted by Gasteiger charge is -2.14. The van der Waals surface area contributed by atoms with E-state index in [1.807, 2.05) is 19.2 Å². The summed E-state index contributed by atoms with van der Waals surface area (Å²) in [4.78, 5) is 25.1. The monoisotopic (exact) mass is 483 g/mol. The predicted molar refractivity (Wildman–Crippen MR) is 120 cm³/mol. The number of anilines is 3. The number of alkyl halides is 3. The van der Waals surface area contributed by atoms with E-state index in [9.17, 15) is 18.0 Å². The molecular weight excluding hydrogens is 463 g/mol. The highest BCUT2D eigenvalue weighted by molar-refractivity contribution is 5.91. The van der Waals surface area contributed by atoms with Crippen molar-refractivity contribution in [2.45, 2.75) is 30.9 Å². The molecule has 1 aliphatic carbocycles. The quantitative estimate of drug-likeness (QED) is 0.401. The van der Waals surface area contributed by atoms with Gasteiger partial charge in [0.2, 0.25) is 11.9 Å². The van der Waals surface area contributed by atoms with E-state index >= 15 is 0 Å². The number of imidazole rings is 1. The minimum atomic E-state index is -4.41. The van der Waals surface area contributed by atoms with Crippen LogP contribution in [0.4, 0.5) is 30.8 Å². The van der Waals surface area contributed by atoms with Gasteiger partial charge < -0.3 is 19.7 Å². The Morgan fingerprint density at radius 1 is 1.09 bits per heavy atom. The molecule has 9 nitrogen and oxygen atoms in total. The molecule has 0 aliphatic heterocycles. The van der Waals surface area contributed by atoms with E-state index in [1.165, 1.54) is 0 Å². The Morgan fingerprint density at radius 3 is 2.40 bits per heavy atom. The van der Waals surface area contributed by atoms with Crippen molar-refractivity contribution in [2.24, 2.45) is 7.05 Å². The van der Waals surface area contributed by atoms with Crippen LogP contribution >= 0.6 is 0 Å². The Labute approximate surface area is 197 Å². The van der Waals surface area contributed by atoms with Gasteiger partial charge >= 0.3 is 6.18 Å². The number of aromatic nitrogens is 5. The minimum absolute atomic E-state index is 0.0241. The van der Waals surface area contributed by atoms with Crippen LogP contribution in [0.3, 0.4) is 0 Å². The molecule has 35 heavy (non-hydrogen) atoms. The van der Waals surface area contributed by atoms with Gasteiger partial charge in [-0.3, -0.25) is 4.79 Å². The number of halogens is 3. The highest BCUT2D eigenvalue weighted by Gasteiger charge is 2.66. The Balaban J connectivity index is 1.18. The maximum Gasteiger partial charge on any atom is 0.401 e. The molecule has 180 valence electrons. The normalized spacial score (nSPS) is 14.5. The summed E-state index contributed by atoms with van der Waals surface area (Å²) in [5.74, 6) is 0.335. The van der Waals surface area contributed by atoms with Crippen LogP contribution in [0.2, 0.25) is 0 Å². The van der Waals surface area contributed by atoms with Crippen molar-refractivity contribution < 1.29 is 22.5 Å². The standard InChI is InChI=1S/C23H20F3N7O2/c1-33-12-19(29-13-33)31-21-27-10-16(11-28-21)15-4-2-14(3-5-15)8-20(34)30-18-9-17(35-32-18)22(6-7-22)23(24,25)26/h2-5,9-13H,6-8H2,1H3,(H,27,28,31)(H,30,32,34). The summed E-state index contributed by atoms with van der Waals surface area (Å²) in [5.41, 5.74) is 0.399. The van der Waals surface area contributed by atoms with E-state index < -0.39 is 17.5 Å². The number of nitrogens with zero attached hydrogens (tertiary/aromatic N) is 5. The smallest absolute Gasteiger partial charge is 0.358 e. The van der Waals surface area contributed by atoms with Crippen molar-refractivity contribution in [3.8, 4) is 11.1 Å². The van der Waals surface area contributed by atoms with Crippen LogP contribution in [0.1, 0.15) is 24.2 Å². The molecule has 0 radical (unpaired) electrons. The van der Waals surface area contributed by atoms with E-state index in [4.69, 9.17) is 4.52 Å². The van der Waals surface area contributed by atoms with Gasteiger partial charge in [-0.1, -0.05) is 29.4 Å². The zero-order valence-electron chi connectivity index (χ0n) is 18.5. The predicted octanol–water partition coefficient (Wildman–Crippen LogP) is 4.38. The molecule has 5 rings (SSSR count). The molecule has 4 aromatic rings. The van der Waals surface area contributed by atoms with Gasteiger partial charge in [-0.15, -0.1) is 0 Å². The Bertz CT molecular complexity index is 1340. The van der Waals surface area contributed by atoms with Gasteiger partial charge in [-0.2, -0.15) is 13.2 Å². The van der Waals surface area contributed by atoms with Crippen LogP contribution in [0.25, 0.3) is 11.1 Å². The van der Waals surface area contributed by atoms with Gasteiger partial charge in [0.05, 0.1) is 12.7 Å². The van der Waals surface area contributed by atoms with Crippen molar-refractivity contribution in [3.05, 3.63) is 66.6 Å². The maximum atomic E-state index is 13.2. The van der Waals surface area contributed by atoms with Gasteiger partial charge in [-0.25, -0.2) is 15.0 Å².